The number of hydrogen-bond acceptors (Lipinski definition) is 3. The van der Waals surface area contributed by atoms with Crippen molar-refractivity contribution < 1.29 is 4.79 Å². The van der Waals surface area contributed by atoms with E-state index in [0.717, 1.165) is 17.4 Å². The Morgan fingerprint density at radius 2 is 1.96 bits per heavy atom. The van der Waals surface area contributed by atoms with Gasteiger partial charge in [-0.1, -0.05) is 37.3 Å². The lowest BCUT2D eigenvalue weighted by Gasteiger charge is -2.12. The third-order valence-corrected chi connectivity index (χ3v) is 3.81. The van der Waals surface area contributed by atoms with Gasteiger partial charge in [0.2, 0.25) is 0 Å². The topological polar surface area (TPSA) is 64.0 Å². The molecule has 0 saturated carbocycles. The van der Waals surface area contributed by atoms with Crippen molar-refractivity contribution in [2.24, 2.45) is 0 Å². The summed E-state index contributed by atoms with van der Waals surface area (Å²) in [4.78, 5) is 29.5. The van der Waals surface area contributed by atoms with Crippen LogP contribution in [0.4, 0.5) is 0 Å². The largest absolute Gasteiger partial charge is 0.352 e. The molecule has 2 heterocycles. The lowest BCUT2D eigenvalue weighted by Crippen LogP contribution is -2.34. The van der Waals surface area contributed by atoms with Crippen molar-refractivity contribution in [3.05, 3.63) is 76.2 Å². The van der Waals surface area contributed by atoms with Crippen molar-refractivity contribution in [3.8, 4) is 0 Å². The van der Waals surface area contributed by atoms with Crippen LogP contribution in [-0.2, 0) is 6.54 Å². The highest BCUT2D eigenvalue weighted by Gasteiger charge is 2.16. The first-order valence-electron chi connectivity index (χ1n) is 8.01. The Bertz CT molecular complexity index is 917. The normalized spacial score (nSPS) is 10.7. The van der Waals surface area contributed by atoms with Crippen LogP contribution in [0.5, 0.6) is 0 Å². The molecular formula is C19H19N3O2. The number of carbonyl (C=O) groups is 1. The van der Waals surface area contributed by atoms with Crippen LogP contribution >= 0.6 is 0 Å². The Morgan fingerprint density at radius 3 is 2.71 bits per heavy atom. The van der Waals surface area contributed by atoms with Crippen molar-refractivity contribution in [1.29, 1.82) is 0 Å². The predicted octanol–water partition coefficient (Wildman–Crippen LogP) is 2.58. The van der Waals surface area contributed by atoms with E-state index in [9.17, 15) is 9.59 Å². The van der Waals surface area contributed by atoms with Gasteiger partial charge in [0.15, 0.2) is 0 Å². The lowest BCUT2D eigenvalue weighted by molar-refractivity contribution is 0.0952. The van der Waals surface area contributed by atoms with Gasteiger partial charge in [-0.15, -0.1) is 0 Å². The molecule has 122 valence electrons. The van der Waals surface area contributed by atoms with E-state index in [4.69, 9.17) is 0 Å². The first-order chi connectivity index (χ1) is 11.7. The molecule has 3 rings (SSSR count). The first kappa shape index (κ1) is 15.9. The Labute approximate surface area is 140 Å². The minimum absolute atomic E-state index is 0.153. The Morgan fingerprint density at radius 1 is 1.17 bits per heavy atom. The third-order valence-electron chi connectivity index (χ3n) is 3.81. The summed E-state index contributed by atoms with van der Waals surface area (Å²) in [5, 5.41) is 3.55. The Hall–Kier alpha value is -2.95. The summed E-state index contributed by atoms with van der Waals surface area (Å²) < 4.78 is 1.56. The number of rotatable bonds is 5. The standard InChI is InChI=1S/C19H19N3O2/c1-2-10-21-18(23)16-12-15-9-6-11-20-17(15)22(19(16)24)13-14-7-4-3-5-8-14/h3-9,11-12H,2,10,13H2,1H3,(H,21,23). The van der Waals surface area contributed by atoms with Gasteiger partial charge in [0.25, 0.3) is 11.5 Å². The van der Waals surface area contributed by atoms with Crippen molar-refractivity contribution in [1.82, 2.24) is 14.9 Å². The fourth-order valence-corrected chi connectivity index (χ4v) is 2.62. The van der Waals surface area contributed by atoms with Gasteiger partial charge in [0.05, 0.1) is 6.54 Å². The fourth-order valence-electron chi connectivity index (χ4n) is 2.62. The van der Waals surface area contributed by atoms with Gasteiger partial charge in [-0.3, -0.25) is 14.2 Å². The minimum atomic E-state index is -0.339. The van der Waals surface area contributed by atoms with E-state index < -0.39 is 0 Å². The molecule has 1 N–H and O–H groups in total. The quantitative estimate of drug-likeness (QED) is 0.785. The monoisotopic (exact) mass is 321 g/mol. The molecule has 3 aromatic rings. The van der Waals surface area contributed by atoms with E-state index in [1.165, 1.54) is 0 Å². The second-order valence-electron chi connectivity index (χ2n) is 5.61. The molecule has 0 radical (unpaired) electrons. The smallest absolute Gasteiger partial charge is 0.265 e. The highest BCUT2D eigenvalue weighted by Crippen LogP contribution is 2.13. The van der Waals surface area contributed by atoms with Crippen LogP contribution in [0.1, 0.15) is 29.3 Å². The van der Waals surface area contributed by atoms with Gasteiger partial charge in [0.1, 0.15) is 11.2 Å². The second-order valence-corrected chi connectivity index (χ2v) is 5.61. The maximum absolute atomic E-state index is 12.9. The molecule has 5 nitrogen and oxygen atoms in total. The molecule has 1 amide bonds. The summed E-state index contributed by atoms with van der Waals surface area (Å²) in [6.45, 7) is 2.89. The molecular weight excluding hydrogens is 302 g/mol. The molecule has 24 heavy (non-hydrogen) atoms. The van der Waals surface area contributed by atoms with E-state index >= 15 is 0 Å². The maximum atomic E-state index is 12.9. The molecule has 1 aromatic carbocycles. The zero-order valence-electron chi connectivity index (χ0n) is 13.5. The molecule has 2 aromatic heterocycles. The summed E-state index contributed by atoms with van der Waals surface area (Å²) in [6, 6.07) is 15.0. The molecule has 5 heteroatoms. The zero-order valence-corrected chi connectivity index (χ0v) is 13.5. The molecule has 0 unspecified atom stereocenters. The van der Waals surface area contributed by atoms with Gasteiger partial charge in [-0.2, -0.15) is 0 Å². The molecule has 0 aliphatic carbocycles. The van der Waals surface area contributed by atoms with Crippen LogP contribution in [0.25, 0.3) is 11.0 Å². The Kier molecular flexibility index (Phi) is 4.70. The van der Waals surface area contributed by atoms with Gasteiger partial charge in [-0.25, -0.2) is 4.98 Å². The van der Waals surface area contributed by atoms with E-state index in [1.807, 2.05) is 43.3 Å². The van der Waals surface area contributed by atoms with E-state index in [0.29, 0.717) is 18.7 Å². The lowest BCUT2D eigenvalue weighted by atomic mass is 10.1. The molecule has 0 saturated heterocycles. The Balaban J connectivity index is 2.13. The number of fused-ring (bicyclic) bond motifs is 1. The predicted molar refractivity (Wildman–Crippen MR) is 94.2 cm³/mol. The minimum Gasteiger partial charge on any atom is -0.352 e. The van der Waals surface area contributed by atoms with Crippen LogP contribution in [0.2, 0.25) is 0 Å². The summed E-state index contributed by atoms with van der Waals surface area (Å²) in [5.74, 6) is -0.339. The molecule has 0 bridgehead atoms. The van der Waals surface area contributed by atoms with Crippen LogP contribution in [-0.4, -0.2) is 22.0 Å². The number of benzene rings is 1. The van der Waals surface area contributed by atoms with E-state index in [-0.39, 0.29) is 17.0 Å². The van der Waals surface area contributed by atoms with E-state index in [2.05, 4.69) is 10.3 Å². The summed E-state index contributed by atoms with van der Waals surface area (Å²) in [5.41, 5.74) is 1.40. The van der Waals surface area contributed by atoms with Crippen molar-refractivity contribution >= 4 is 16.9 Å². The van der Waals surface area contributed by atoms with Crippen LogP contribution in [0, 0.1) is 0 Å². The highest BCUT2D eigenvalue weighted by molar-refractivity contribution is 5.96. The first-order valence-corrected chi connectivity index (χ1v) is 8.01. The molecule has 0 fully saturated rings. The zero-order chi connectivity index (χ0) is 16.9. The summed E-state index contributed by atoms with van der Waals surface area (Å²) >= 11 is 0. The van der Waals surface area contributed by atoms with E-state index in [1.54, 1.807) is 22.9 Å². The van der Waals surface area contributed by atoms with Crippen molar-refractivity contribution in [2.75, 3.05) is 6.54 Å². The number of carbonyl (C=O) groups excluding carboxylic acids is 1. The fraction of sp³-hybridized carbons (Fsp3) is 0.211. The highest BCUT2D eigenvalue weighted by atomic mass is 16.2. The number of amides is 1. The van der Waals surface area contributed by atoms with Crippen LogP contribution in [0.3, 0.4) is 0 Å². The van der Waals surface area contributed by atoms with Crippen molar-refractivity contribution in [3.63, 3.8) is 0 Å². The summed E-state index contributed by atoms with van der Waals surface area (Å²) in [7, 11) is 0. The van der Waals surface area contributed by atoms with Gasteiger partial charge >= 0.3 is 0 Å². The molecule has 0 atom stereocenters. The van der Waals surface area contributed by atoms with Crippen LogP contribution < -0.4 is 10.9 Å². The van der Waals surface area contributed by atoms with Crippen molar-refractivity contribution in [2.45, 2.75) is 19.9 Å². The SMILES string of the molecule is CCCNC(=O)c1cc2cccnc2n(Cc2ccccc2)c1=O. The van der Waals surface area contributed by atoms with Gasteiger partial charge in [-0.05, 0) is 30.2 Å². The number of pyridine rings is 2. The maximum Gasteiger partial charge on any atom is 0.265 e. The summed E-state index contributed by atoms with van der Waals surface area (Å²) in [6.07, 6.45) is 2.47. The average Bonchev–Trinajstić information content (AvgIpc) is 2.62. The molecule has 0 aliphatic rings. The van der Waals surface area contributed by atoms with Gasteiger partial charge in [0, 0.05) is 18.1 Å². The number of nitrogens with zero attached hydrogens (tertiary/aromatic N) is 2. The average molecular weight is 321 g/mol. The third kappa shape index (κ3) is 3.20. The second kappa shape index (κ2) is 7.08. The van der Waals surface area contributed by atoms with Crippen LogP contribution in [0.15, 0.2) is 59.5 Å². The molecule has 0 aliphatic heterocycles. The molecule has 0 spiro atoms. The number of hydrogen-bond donors (Lipinski definition) is 1. The number of aromatic nitrogens is 2. The van der Waals surface area contributed by atoms with Gasteiger partial charge < -0.3 is 5.32 Å². The number of nitrogens with one attached hydrogen (secondary N) is 1.